The van der Waals surface area contributed by atoms with E-state index >= 15 is 0 Å². The van der Waals surface area contributed by atoms with Crippen LogP contribution in [0.3, 0.4) is 0 Å². The lowest BCUT2D eigenvalue weighted by molar-refractivity contribution is -0.131. The normalized spacial score (nSPS) is 24.8. The molecule has 0 aromatic carbocycles. The first-order valence-corrected chi connectivity index (χ1v) is 8.03. The molecular weight excluding hydrogens is 236 g/mol. The maximum Gasteiger partial charge on any atom is 0.227 e. The molecule has 0 spiro atoms. The number of carbonyl (C=O) groups excluding carboxylic acids is 1. The molecule has 0 heterocycles. The fourth-order valence-electron chi connectivity index (χ4n) is 3.49. The monoisotopic (exact) mass is 266 g/mol. The van der Waals surface area contributed by atoms with Crippen molar-refractivity contribution in [2.45, 2.75) is 65.2 Å². The van der Waals surface area contributed by atoms with Crippen LogP contribution in [0.1, 0.15) is 65.2 Å². The van der Waals surface area contributed by atoms with Crippen molar-refractivity contribution in [2.75, 3.05) is 13.1 Å². The number of hydrogen-bond donors (Lipinski definition) is 2. The first kappa shape index (κ1) is 14.8. The maximum atomic E-state index is 12.6. The highest BCUT2D eigenvalue weighted by Crippen LogP contribution is 2.51. The topological polar surface area (TPSA) is 55.1 Å². The third kappa shape index (κ3) is 3.13. The molecule has 0 aliphatic heterocycles. The van der Waals surface area contributed by atoms with Gasteiger partial charge in [-0.15, -0.1) is 0 Å². The zero-order chi connectivity index (χ0) is 13.9. The van der Waals surface area contributed by atoms with Crippen molar-refractivity contribution in [1.29, 1.82) is 0 Å². The summed E-state index contributed by atoms with van der Waals surface area (Å²) in [5, 5.41) is 3.24. The van der Waals surface area contributed by atoms with Crippen LogP contribution in [0.2, 0.25) is 0 Å². The molecule has 2 fully saturated rings. The Hall–Kier alpha value is -0.570. The highest BCUT2D eigenvalue weighted by Gasteiger charge is 2.46. The van der Waals surface area contributed by atoms with Gasteiger partial charge in [-0.2, -0.15) is 0 Å². The third-order valence-corrected chi connectivity index (χ3v) is 5.65. The standard InChI is InChI=1S/C16H30N2O/c1-13(2)16(9-10-16)12-18-14(19)15(11-17)7-5-3-4-6-8-15/h13H,3-12,17H2,1-2H3,(H,18,19). The zero-order valence-electron chi connectivity index (χ0n) is 12.6. The summed E-state index contributed by atoms with van der Waals surface area (Å²) in [7, 11) is 0. The van der Waals surface area contributed by atoms with Gasteiger partial charge in [0.2, 0.25) is 5.91 Å². The van der Waals surface area contributed by atoms with E-state index < -0.39 is 0 Å². The van der Waals surface area contributed by atoms with Crippen LogP contribution in [0.25, 0.3) is 0 Å². The van der Waals surface area contributed by atoms with Crippen LogP contribution >= 0.6 is 0 Å². The molecule has 2 saturated carbocycles. The van der Waals surface area contributed by atoms with Crippen molar-refractivity contribution in [3.05, 3.63) is 0 Å². The van der Waals surface area contributed by atoms with Crippen molar-refractivity contribution in [2.24, 2.45) is 22.5 Å². The number of nitrogens with two attached hydrogens (primary N) is 1. The summed E-state index contributed by atoms with van der Waals surface area (Å²) in [6.07, 6.45) is 9.30. The van der Waals surface area contributed by atoms with Crippen molar-refractivity contribution in [3.8, 4) is 0 Å². The summed E-state index contributed by atoms with van der Waals surface area (Å²) in [6, 6.07) is 0. The molecule has 0 aromatic rings. The summed E-state index contributed by atoms with van der Waals surface area (Å²) >= 11 is 0. The summed E-state index contributed by atoms with van der Waals surface area (Å²) in [5.41, 5.74) is 6.07. The number of rotatable bonds is 5. The van der Waals surface area contributed by atoms with Crippen molar-refractivity contribution < 1.29 is 4.79 Å². The van der Waals surface area contributed by atoms with Crippen molar-refractivity contribution in [1.82, 2.24) is 5.32 Å². The first-order chi connectivity index (χ1) is 9.05. The minimum Gasteiger partial charge on any atom is -0.355 e. The van der Waals surface area contributed by atoms with Gasteiger partial charge in [-0.3, -0.25) is 4.79 Å². The van der Waals surface area contributed by atoms with E-state index in [2.05, 4.69) is 19.2 Å². The van der Waals surface area contributed by atoms with Gasteiger partial charge in [0.15, 0.2) is 0 Å². The van der Waals surface area contributed by atoms with E-state index in [0.717, 1.165) is 32.2 Å². The molecular formula is C16H30N2O. The highest BCUT2D eigenvalue weighted by atomic mass is 16.2. The summed E-state index contributed by atoms with van der Waals surface area (Å²) in [6.45, 7) is 5.89. The minimum absolute atomic E-state index is 0.226. The second-order valence-electron chi connectivity index (χ2n) is 7.10. The molecule has 2 rings (SSSR count). The second kappa shape index (κ2) is 5.82. The SMILES string of the molecule is CC(C)C1(CNC(=O)C2(CN)CCCCCC2)CC1. The third-order valence-electron chi connectivity index (χ3n) is 5.65. The molecule has 0 unspecified atom stereocenters. The molecule has 3 nitrogen and oxygen atoms in total. The Labute approximate surface area is 117 Å². The van der Waals surface area contributed by atoms with Crippen LogP contribution in [-0.2, 0) is 4.79 Å². The Bertz CT molecular complexity index is 313. The van der Waals surface area contributed by atoms with E-state index in [1.54, 1.807) is 0 Å². The zero-order valence-corrected chi connectivity index (χ0v) is 12.6. The fourth-order valence-corrected chi connectivity index (χ4v) is 3.49. The Morgan fingerprint density at radius 1 is 1.11 bits per heavy atom. The summed E-state index contributed by atoms with van der Waals surface area (Å²) in [4.78, 5) is 12.6. The molecule has 0 radical (unpaired) electrons. The van der Waals surface area contributed by atoms with Crippen LogP contribution in [0.4, 0.5) is 0 Å². The largest absolute Gasteiger partial charge is 0.355 e. The van der Waals surface area contributed by atoms with E-state index in [1.165, 1.54) is 25.7 Å². The Balaban J connectivity index is 1.93. The van der Waals surface area contributed by atoms with Gasteiger partial charge in [-0.05, 0) is 37.0 Å². The van der Waals surface area contributed by atoms with Gasteiger partial charge < -0.3 is 11.1 Å². The molecule has 0 aromatic heterocycles. The fraction of sp³-hybridized carbons (Fsp3) is 0.938. The van der Waals surface area contributed by atoms with Gasteiger partial charge in [-0.25, -0.2) is 0 Å². The van der Waals surface area contributed by atoms with Gasteiger partial charge in [0.25, 0.3) is 0 Å². The number of hydrogen-bond acceptors (Lipinski definition) is 2. The van der Waals surface area contributed by atoms with E-state index in [9.17, 15) is 4.79 Å². The van der Waals surface area contributed by atoms with Gasteiger partial charge >= 0.3 is 0 Å². The van der Waals surface area contributed by atoms with E-state index in [1.807, 2.05) is 0 Å². The van der Waals surface area contributed by atoms with Crippen molar-refractivity contribution >= 4 is 5.91 Å². The van der Waals surface area contributed by atoms with Gasteiger partial charge in [0, 0.05) is 13.1 Å². The van der Waals surface area contributed by atoms with E-state index in [0.29, 0.717) is 17.9 Å². The quantitative estimate of drug-likeness (QED) is 0.752. The smallest absolute Gasteiger partial charge is 0.227 e. The van der Waals surface area contributed by atoms with Crippen LogP contribution in [-0.4, -0.2) is 19.0 Å². The van der Waals surface area contributed by atoms with Gasteiger partial charge in [0.1, 0.15) is 0 Å². The Morgan fingerprint density at radius 2 is 1.68 bits per heavy atom. The van der Waals surface area contributed by atoms with Crippen molar-refractivity contribution in [3.63, 3.8) is 0 Å². The van der Waals surface area contributed by atoms with E-state index in [-0.39, 0.29) is 11.3 Å². The van der Waals surface area contributed by atoms with Crippen LogP contribution in [0.15, 0.2) is 0 Å². The Morgan fingerprint density at radius 3 is 2.11 bits per heavy atom. The number of carbonyl (C=O) groups is 1. The number of amides is 1. The summed E-state index contributed by atoms with van der Waals surface area (Å²) < 4.78 is 0. The summed E-state index contributed by atoms with van der Waals surface area (Å²) in [5.74, 6) is 0.889. The molecule has 3 N–H and O–H groups in total. The molecule has 3 heteroatoms. The molecule has 0 saturated heterocycles. The molecule has 0 atom stereocenters. The van der Waals surface area contributed by atoms with Gasteiger partial charge in [0.05, 0.1) is 5.41 Å². The van der Waals surface area contributed by atoms with Crippen LogP contribution in [0.5, 0.6) is 0 Å². The van der Waals surface area contributed by atoms with Gasteiger partial charge in [-0.1, -0.05) is 39.5 Å². The molecule has 1 amide bonds. The lowest BCUT2D eigenvalue weighted by Crippen LogP contribution is -2.47. The lowest BCUT2D eigenvalue weighted by Gasteiger charge is -2.31. The van der Waals surface area contributed by atoms with E-state index in [4.69, 9.17) is 5.73 Å². The maximum absolute atomic E-state index is 12.6. The van der Waals surface area contributed by atoms with Crippen LogP contribution < -0.4 is 11.1 Å². The average Bonchev–Trinajstić information content (AvgIpc) is 3.21. The Kier molecular flexibility index (Phi) is 4.54. The molecule has 110 valence electrons. The molecule has 2 aliphatic rings. The van der Waals surface area contributed by atoms with Crippen LogP contribution in [0, 0.1) is 16.7 Å². The minimum atomic E-state index is -0.274. The molecule has 0 bridgehead atoms. The number of nitrogens with one attached hydrogen (secondary N) is 1. The first-order valence-electron chi connectivity index (χ1n) is 8.03. The highest BCUT2D eigenvalue weighted by molar-refractivity contribution is 5.83. The lowest BCUT2D eigenvalue weighted by atomic mass is 9.79. The second-order valence-corrected chi connectivity index (χ2v) is 7.10. The predicted octanol–water partition coefficient (Wildman–Crippen LogP) is 2.84. The average molecular weight is 266 g/mol. The molecule has 19 heavy (non-hydrogen) atoms. The molecule has 2 aliphatic carbocycles. The predicted molar refractivity (Wildman–Crippen MR) is 78.7 cm³/mol.